The summed E-state index contributed by atoms with van der Waals surface area (Å²) in [5.41, 5.74) is 0.191. The number of rotatable bonds is 0. The van der Waals surface area contributed by atoms with Crippen molar-refractivity contribution >= 4 is 22.6 Å². The Kier molecular flexibility index (Phi) is 2.06. The van der Waals surface area contributed by atoms with Crippen LogP contribution in [0.2, 0.25) is 5.15 Å². The summed E-state index contributed by atoms with van der Waals surface area (Å²) in [7, 11) is 0. The van der Waals surface area contributed by atoms with E-state index in [4.69, 9.17) is 16.9 Å². The van der Waals surface area contributed by atoms with E-state index in [2.05, 4.69) is 4.98 Å². The van der Waals surface area contributed by atoms with Crippen LogP contribution >= 0.6 is 11.6 Å². The van der Waals surface area contributed by atoms with Gasteiger partial charge in [0.15, 0.2) is 0 Å². The van der Waals surface area contributed by atoms with Gasteiger partial charge in [-0.15, -0.1) is 4.73 Å². The van der Waals surface area contributed by atoms with E-state index in [-0.39, 0.29) is 5.52 Å². The van der Waals surface area contributed by atoms with Gasteiger partial charge < -0.3 is 10.2 Å². The number of fused-ring (bicyclic) bond motifs is 1. The Bertz CT molecular complexity index is 642. The number of aromatic nitrogens is 2. The zero-order valence-corrected chi connectivity index (χ0v) is 8.08. The highest BCUT2D eigenvalue weighted by atomic mass is 35.5. The monoisotopic (exact) mass is 221 g/mol. The third-order valence-electron chi connectivity index (χ3n) is 1.96. The lowest BCUT2D eigenvalue weighted by molar-refractivity contribution is -0.575. The van der Waals surface area contributed by atoms with Gasteiger partial charge in [-0.25, -0.2) is 0 Å². The minimum Gasteiger partial charge on any atom is -0.617 e. The SMILES string of the molecule is N#Cc1ccc2[nH]c(=O)c(Cl)[n+]([O-])c2c1. The maximum atomic E-state index is 11.5. The second-order valence-corrected chi connectivity index (χ2v) is 3.24. The third-order valence-corrected chi connectivity index (χ3v) is 2.28. The fraction of sp³-hybridized carbons (Fsp3) is 0. The molecule has 74 valence electrons. The van der Waals surface area contributed by atoms with Gasteiger partial charge in [-0.2, -0.15) is 5.26 Å². The molecule has 0 spiro atoms. The Hall–Kier alpha value is -2.06. The van der Waals surface area contributed by atoms with E-state index in [1.165, 1.54) is 18.2 Å². The van der Waals surface area contributed by atoms with E-state index in [1.54, 1.807) is 0 Å². The number of nitriles is 1. The second-order valence-electron chi connectivity index (χ2n) is 2.88. The highest BCUT2D eigenvalue weighted by molar-refractivity contribution is 6.28. The number of aromatic amines is 1. The number of hydrogen-bond acceptors (Lipinski definition) is 3. The summed E-state index contributed by atoms with van der Waals surface area (Å²) in [6, 6.07) is 6.25. The quantitative estimate of drug-likeness (QED) is 0.525. The fourth-order valence-electron chi connectivity index (χ4n) is 1.25. The number of H-pyrrole nitrogens is 1. The van der Waals surface area contributed by atoms with Crippen molar-refractivity contribution in [2.24, 2.45) is 0 Å². The van der Waals surface area contributed by atoms with Crippen molar-refractivity contribution in [1.82, 2.24) is 4.98 Å². The average molecular weight is 222 g/mol. The summed E-state index contributed by atoms with van der Waals surface area (Å²) >= 11 is 5.48. The Morgan fingerprint density at radius 2 is 2.27 bits per heavy atom. The molecule has 0 unspecified atom stereocenters. The van der Waals surface area contributed by atoms with Gasteiger partial charge in [0.1, 0.15) is 5.52 Å². The molecule has 0 amide bonds. The van der Waals surface area contributed by atoms with Crippen molar-refractivity contribution in [3.63, 3.8) is 0 Å². The molecule has 5 nitrogen and oxygen atoms in total. The summed E-state index contributed by atoms with van der Waals surface area (Å²) in [4.78, 5) is 13.6. The summed E-state index contributed by atoms with van der Waals surface area (Å²) < 4.78 is 0.302. The van der Waals surface area contributed by atoms with Gasteiger partial charge in [-0.1, -0.05) is 0 Å². The van der Waals surface area contributed by atoms with Gasteiger partial charge in [0, 0.05) is 6.07 Å². The molecule has 0 fully saturated rings. The van der Waals surface area contributed by atoms with Gasteiger partial charge in [0.05, 0.1) is 11.6 Å². The Balaban J connectivity index is 2.95. The summed E-state index contributed by atoms with van der Waals surface area (Å²) in [5.74, 6) is 0. The molecule has 2 rings (SSSR count). The molecule has 0 radical (unpaired) electrons. The molecular weight excluding hydrogens is 218 g/mol. The number of nitrogens with one attached hydrogen (secondary N) is 1. The lowest BCUT2D eigenvalue weighted by atomic mass is 10.2. The van der Waals surface area contributed by atoms with Gasteiger partial charge in [-0.3, -0.25) is 4.79 Å². The van der Waals surface area contributed by atoms with Crippen molar-refractivity contribution in [2.45, 2.75) is 0 Å². The molecule has 1 aromatic heterocycles. The van der Waals surface area contributed by atoms with Crippen molar-refractivity contribution in [2.75, 3.05) is 0 Å². The Morgan fingerprint density at radius 3 is 2.93 bits per heavy atom. The molecule has 15 heavy (non-hydrogen) atoms. The summed E-state index contributed by atoms with van der Waals surface area (Å²) in [6.45, 7) is 0. The molecule has 0 saturated heterocycles. The zero-order valence-electron chi connectivity index (χ0n) is 7.32. The van der Waals surface area contributed by atoms with Gasteiger partial charge in [0.2, 0.25) is 5.52 Å². The molecular formula is C9H4ClN3O2. The third kappa shape index (κ3) is 1.41. The average Bonchev–Trinajstić information content (AvgIpc) is 2.26. The highest BCUT2D eigenvalue weighted by Crippen LogP contribution is 2.09. The molecule has 2 aromatic rings. The van der Waals surface area contributed by atoms with Crippen molar-refractivity contribution < 1.29 is 4.73 Å². The first-order valence-corrected chi connectivity index (χ1v) is 4.36. The van der Waals surface area contributed by atoms with E-state index in [1.807, 2.05) is 6.07 Å². The van der Waals surface area contributed by atoms with Crippen LogP contribution in [0.1, 0.15) is 5.56 Å². The molecule has 0 aliphatic heterocycles. The minimum absolute atomic E-state index is 0.165. The van der Waals surface area contributed by atoms with Crippen LogP contribution in [0.4, 0.5) is 0 Å². The number of nitrogens with zero attached hydrogens (tertiary/aromatic N) is 2. The minimum atomic E-state index is -0.649. The lowest BCUT2D eigenvalue weighted by Gasteiger charge is -2.02. The van der Waals surface area contributed by atoms with E-state index in [0.29, 0.717) is 15.8 Å². The van der Waals surface area contributed by atoms with Crippen LogP contribution in [0, 0.1) is 16.5 Å². The van der Waals surface area contributed by atoms with Gasteiger partial charge in [0.25, 0.3) is 0 Å². The molecule has 6 heteroatoms. The maximum Gasteiger partial charge on any atom is 0.352 e. The highest BCUT2D eigenvalue weighted by Gasteiger charge is 2.13. The van der Waals surface area contributed by atoms with Crippen LogP contribution in [0.25, 0.3) is 11.0 Å². The summed E-state index contributed by atoms with van der Waals surface area (Å²) in [6.07, 6.45) is 0. The molecule has 0 aliphatic rings. The van der Waals surface area contributed by atoms with E-state index >= 15 is 0 Å². The van der Waals surface area contributed by atoms with E-state index in [9.17, 15) is 10.0 Å². The van der Waals surface area contributed by atoms with E-state index in [0.717, 1.165) is 0 Å². The van der Waals surface area contributed by atoms with Crippen LogP contribution in [0.3, 0.4) is 0 Å². The van der Waals surface area contributed by atoms with E-state index < -0.39 is 10.7 Å². The van der Waals surface area contributed by atoms with Crippen LogP contribution in [-0.2, 0) is 0 Å². The first-order valence-electron chi connectivity index (χ1n) is 3.98. The molecule has 0 saturated carbocycles. The topological polar surface area (TPSA) is 83.6 Å². The predicted octanol–water partition coefficient (Wildman–Crippen LogP) is 0.687. The van der Waals surface area contributed by atoms with Crippen molar-refractivity contribution in [1.29, 1.82) is 5.26 Å². The van der Waals surface area contributed by atoms with Crippen LogP contribution in [-0.4, -0.2) is 4.98 Å². The molecule has 0 bridgehead atoms. The van der Waals surface area contributed by atoms with Crippen LogP contribution in [0.15, 0.2) is 23.0 Å². The predicted molar refractivity (Wildman–Crippen MR) is 53.3 cm³/mol. The van der Waals surface area contributed by atoms with Crippen molar-refractivity contribution in [3.8, 4) is 6.07 Å². The van der Waals surface area contributed by atoms with Gasteiger partial charge in [-0.05, 0) is 23.7 Å². The number of benzene rings is 1. The standard InChI is InChI=1S/C9H4ClN3O2/c10-8-9(14)12-6-2-1-5(4-11)3-7(6)13(8)15/h1-3H,(H,12,14). The molecule has 0 aliphatic carbocycles. The first kappa shape index (κ1) is 9.49. The number of halogens is 1. The molecule has 1 heterocycles. The first-order chi connectivity index (χ1) is 7.13. The lowest BCUT2D eigenvalue weighted by Crippen LogP contribution is -2.35. The Labute approximate surface area is 88.7 Å². The molecule has 1 aromatic carbocycles. The second kappa shape index (κ2) is 3.26. The Morgan fingerprint density at radius 1 is 1.53 bits per heavy atom. The number of hydrogen-bond donors (Lipinski definition) is 1. The molecule has 0 atom stereocenters. The van der Waals surface area contributed by atoms with Crippen molar-refractivity contribution in [3.05, 3.63) is 44.5 Å². The van der Waals surface area contributed by atoms with Crippen LogP contribution < -0.4 is 10.3 Å². The van der Waals surface area contributed by atoms with Crippen LogP contribution in [0.5, 0.6) is 0 Å². The fourth-order valence-corrected chi connectivity index (χ4v) is 1.39. The largest absolute Gasteiger partial charge is 0.617 e. The van der Waals surface area contributed by atoms with Gasteiger partial charge >= 0.3 is 10.7 Å². The molecule has 1 N–H and O–H groups in total. The summed E-state index contributed by atoms with van der Waals surface area (Å²) in [5, 5.41) is 19.7. The maximum absolute atomic E-state index is 11.5. The zero-order chi connectivity index (χ0) is 11.0. The normalized spacial score (nSPS) is 10.1. The smallest absolute Gasteiger partial charge is 0.352 e.